The molecule has 3 aromatic carbocycles. The number of hydrogen-bond donors (Lipinski definition) is 1. The first-order valence-corrected chi connectivity index (χ1v) is 9.72. The van der Waals surface area contributed by atoms with E-state index < -0.39 is 0 Å². The number of hydrogen-bond acceptors (Lipinski definition) is 2. The summed E-state index contributed by atoms with van der Waals surface area (Å²) in [7, 11) is 0. The predicted molar refractivity (Wildman–Crippen MR) is 117 cm³/mol. The molecule has 4 aromatic rings. The largest absolute Gasteiger partial charge is 0.342 e. The van der Waals surface area contributed by atoms with E-state index in [9.17, 15) is 4.79 Å². The standard InChI is InChI=1S/C25H23N3O/c1-2-17-28-23-16-10-9-15-21(23)26-24(28)22(18-19-11-5-3-6-12-19)27-25(29)20-13-7-4-8-14-20/h2-16,22H,1,17-18H2,(H,27,29)/t22-/m0/s1. The van der Waals surface area contributed by atoms with Gasteiger partial charge in [-0.05, 0) is 36.2 Å². The molecule has 1 heterocycles. The van der Waals surface area contributed by atoms with E-state index in [1.807, 2.05) is 78.9 Å². The minimum Gasteiger partial charge on any atom is -0.342 e. The molecule has 4 rings (SSSR count). The third kappa shape index (κ3) is 4.11. The smallest absolute Gasteiger partial charge is 0.251 e. The fraction of sp³-hybridized carbons (Fsp3) is 0.120. The van der Waals surface area contributed by atoms with Gasteiger partial charge in [0.05, 0.1) is 17.1 Å². The quantitative estimate of drug-likeness (QED) is 0.461. The number of amides is 1. The number of nitrogens with one attached hydrogen (secondary N) is 1. The summed E-state index contributed by atoms with van der Waals surface area (Å²) in [5.74, 6) is 0.725. The van der Waals surface area contributed by atoms with Crippen molar-refractivity contribution in [2.24, 2.45) is 0 Å². The molecule has 0 aliphatic carbocycles. The Bertz CT molecular complexity index is 1120. The van der Waals surface area contributed by atoms with Gasteiger partial charge in [0.15, 0.2) is 0 Å². The van der Waals surface area contributed by atoms with Gasteiger partial charge in [0, 0.05) is 12.1 Å². The second-order valence-corrected chi connectivity index (χ2v) is 6.94. The maximum absolute atomic E-state index is 12.9. The predicted octanol–water partition coefficient (Wildman–Crippen LogP) is 4.94. The van der Waals surface area contributed by atoms with E-state index in [-0.39, 0.29) is 11.9 Å². The molecular weight excluding hydrogens is 358 g/mol. The lowest BCUT2D eigenvalue weighted by atomic mass is 10.0. The molecule has 0 saturated carbocycles. The van der Waals surface area contributed by atoms with Gasteiger partial charge in [-0.1, -0.05) is 66.7 Å². The summed E-state index contributed by atoms with van der Waals surface area (Å²) in [5, 5.41) is 3.20. The Labute approximate surface area is 170 Å². The molecule has 0 fully saturated rings. The van der Waals surface area contributed by atoms with Crippen LogP contribution >= 0.6 is 0 Å². The van der Waals surface area contributed by atoms with E-state index in [1.54, 1.807) is 0 Å². The number of para-hydroxylation sites is 2. The number of nitrogens with zero attached hydrogens (tertiary/aromatic N) is 2. The minimum absolute atomic E-state index is 0.108. The molecule has 0 radical (unpaired) electrons. The monoisotopic (exact) mass is 381 g/mol. The lowest BCUT2D eigenvalue weighted by molar-refractivity contribution is 0.0934. The van der Waals surface area contributed by atoms with Gasteiger partial charge in [0.1, 0.15) is 5.82 Å². The zero-order chi connectivity index (χ0) is 20.1. The molecule has 4 nitrogen and oxygen atoms in total. The topological polar surface area (TPSA) is 46.9 Å². The van der Waals surface area contributed by atoms with Crippen LogP contribution in [0.1, 0.15) is 27.8 Å². The van der Waals surface area contributed by atoms with E-state index in [0.29, 0.717) is 18.5 Å². The van der Waals surface area contributed by atoms with Crippen LogP contribution in [0.25, 0.3) is 11.0 Å². The molecule has 1 amide bonds. The number of imidazole rings is 1. The SMILES string of the molecule is C=CCn1c([C@H](Cc2ccccc2)NC(=O)c2ccccc2)nc2ccccc21. The highest BCUT2D eigenvalue weighted by atomic mass is 16.1. The third-order valence-corrected chi connectivity index (χ3v) is 4.93. The molecule has 29 heavy (non-hydrogen) atoms. The van der Waals surface area contributed by atoms with Gasteiger partial charge in [0.2, 0.25) is 0 Å². The number of aromatic nitrogens is 2. The van der Waals surface area contributed by atoms with E-state index in [0.717, 1.165) is 22.4 Å². The zero-order valence-corrected chi connectivity index (χ0v) is 16.2. The lowest BCUT2D eigenvalue weighted by Gasteiger charge is -2.20. The molecule has 0 aliphatic rings. The highest BCUT2D eigenvalue weighted by Crippen LogP contribution is 2.24. The van der Waals surface area contributed by atoms with E-state index in [4.69, 9.17) is 4.98 Å². The van der Waals surface area contributed by atoms with Crippen LogP contribution in [0.15, 0.2) is 97.6 Å². The maximum atomic E-state index is 12.9. The normalized spacial score (nSPS) is 11.9. The molecule has 1 N–H and O–H groups in total. The second-order valence-electron chi connectivity index (χ2n) is 6.94. The first kappa shape index (κ1) is 18.7. The Hall–Kier alpha value is -3.66. The van der Waals surface area contributed by atoms with Crippen LogP contribution in [0.2, 0.25) is 0 Å². The van der Waals surface area contributed by atoms with Crippen LogP contribution in [0.3, 0.4) is 0 Å². The molecule has 1 aromatic heterocycles. The van der Waals surface area contributed by atoms with Crippen molar-refractivity contribution >= 4 is 16.9 Å². The Kier molecular flexibility index (Phi) is 5.52. The van der Waals surface area contributed by atoms with Crippen molar-refractivity contribution in [2.45, 2.75) is 19.0 Å². The van der Waals surface area contributed by atoms with Gasteiger partial charge >= 0.3 is 0 Å². The summed E-state index contributed by atoms with van der Waals surface area (Å²) < 4.78 is 2.13. The summed E-state index contributed by atoms with van der Waals surface area (Å²) in [4.78, 5) is 17.8. The Morgan fingerprint density at radius 2 is 1.62 bits per heavy atom. The number of benzene rings is 3. The summed E-state index contributed by atoms with van der Waals surface area (Å²) in [6.45, 7) is 4.53. The first-order valence-electron chi connectivity index (χ1n) is 9.72. The van der Waals surface area contributed by atoms with Crippen LogP contribution in [0, 0.1) is 0 Å². The van der Waals surface area contributed by atoms with Crippen LogP contribution in [-0.4, -0.2) is 15.5 Å². The van der Waals surface area contributed by atoms with Crippen molar-refractivity contribution in [3.63, 3.8) is 0 Å². The van der Waals surface area contributed by atoms with E-state index in [2.05, 4.69) is 28.6 Å². The minimum atomic E-state index is -0.266. The summed E-state index contributed by atoms with van der Waals surface area (Å²) >= 11 is 0. The average Bonchev–Trinajstić information content (AvgIpc) is 3.13. The van der Waals surface area contributed by atoms with Gasteiger partial charge in [-0.2, -0.15) is 0 Å². The zero-order valence-electron chi connectivity index (χ0n) is 16.2. The molecule has 1 atom stereocenters. The van der Waals surface area contributed by atoms with Gasteiger partial charge in [0.25, 0.3) is 5.91 Å². The summed E-state index contributed by atoms with van der Waals surface area (Å²) in [6, 6.07) is 27.2. The van der Waals surface area contributed by atoms with Crippen LogP contribution < -0.4 is 5.32 Å². The molecule has 144 valence electrons. The fourth-order valence-electron chi connectivity index (χ4n) is 3.57. The van der Waals surface area contributed by atoms with Gasteiger partial charge in [-0.15, -0.1) is 6.58 Å². The number of allylic oxidation sites excluding steroid dienone is 1. The van der Waals surface area contributed by atoms with Crippen molar-refractivity contribution in [2.75, 3.05) is 0 Å². The molecule has 0 bridgehead atoms. The third-order valence-electron chi connectivity index (χ3n) is 4.93. The summed E-state index contributed by atoms with van der Waals surface area (Å²) in [6.07, 6.45) is 2.51. The number of carbonyl (C=O) groups excluding carboxylic acids is 1. The number of fused-ring (bicyclic) bond motifs is 1. The number of rotatable bonds is 7. The van der Waals surface area contributed by atoms with Crippen molar-refractivity contribution in [3.8, 4) is 0 Å². The Morgan fingerprint density at radius 1 is 0.966 bits per heavy atom. The highest BCUT2D eigenvalue weighted by Gasteiger charge is 2.23. The van der Waals surface area contributed by atoms with Crippen LogP contribution in [0.4, 0.5) is 0 Å². The molecule has 0 unspecified atom stereocenters. The fourth-order valence-corrected chi connectivity index (χ4v) is 3.57. The van der Waals surface area contributed by atoms with Crippen molar-refractivity contribution < 1.29 is 4.79 Å². The van der Waals surface area contributed by atoms with Crippen molar-refractivity contribution in [3.05, 3.63) is 115 Å². The van der Waals surface area contributed by atoms with Crippen LogP contribution in [-0.2, 0) is 13.0 Å². The molecule has 4 heteroatoms. The van der Waals surface area contributed by atoms with E-state index >= 15 is 0 Å². The highest BCUT2D eigenvalue weighted by molar-refractivity contribution is 5.94. The van der Waals surface area contributed by atoms with Crippen molar-refractivity contribution in [1.29, 1.82) is 0 Å². The molecule has 0 aliphatic heterocycles. The van der Waals surface area contributed by atoms with Gasteiger partial charge in [-0.25, -0.2) is 4.98 Å². The number of carbonyl (C=O) groups is 1. The maximum Gasteiger partial charge on any atom is 0.251 e. The van der Waals surface area contributed by atoms with Crippen LogP contribution in [0.5, 0.6) is 0 Å². The summed E-state index contributed by atoms with van der Waals surface area (Å²) in [5.41, 5.74) is 3.73. The van der Waals surface area contributed by atoms with Gasteiger partial charge in [-0.3, -0.25) is 4.79 Å². The molecule has 0 spiro atoms. The molecule has 0 saturated heterocycles. The second kappa shape index (κ2) is 8.57. The Balaban J connectivity index is 1.75. The molecular formula is C25H23N3O. The van der Waals surface area contributed by atoms with Crippen molar-refractivity contribution in [1.82, 2.24) is 14.9 Å². The lowest BCUT2D eigenvalue weighted by Crippen LogP contribution is -2.32. The van der Waals surface area contributed by atoms with Gasteiger partial charge < -0.3 is 9.88 Å². The van der Waals surface area contributed by atoms with E-state index in [1.165, 1.54) is 0 Å². The first-order chi connectivity index (χ1) is 14.3. The Morgan fingerprint density at radius 3 is 2.34 bits per heavy atom. The average molecular weight is 381 g/mol.